The summed E-state index contributed by atoms with van der Waals surface area (Å²) in [4.78, 5) is 0. The first kappa shape index (κ1) is 7.13. The quantitative estimate of drug-likeness (QED) is 0.715. The van der Waals surface area contributed by atoms with Crippen LogP contribution in [0.15, 0.2) is 22.7 Å². The Morgan fingerprint density at radius 3 is 3.18 bits per heavy atom. The predicted molar refractivity (Wildman–Crippen MR) is 46.6 cm³/mol. The summed E-state index contributed by atoms with van der Waals surface area (Å²) in [6.45, 7) is 0.603. The second kappa shape index (κ2) is 2.50. The van der Waals surface area contributed by atoms with Gasteiger partial charge in [0, 0.05) is 10.0 Å². The van der Waals surface area contributed by atoms with E-state index in [2.05, 4.69) is 15.9 Å². The van der Waals surface area contributed by atoms with Crippen molar-refractivity contribution < 1.29 is 4.74 Å². The van der Waals surface area contributed by atoms with E-state index in [1.54, 1.807) is 0 Å². The monoisotopic (exact) mass is 213 g/mol. The third-order valence-electron chi connectivity index (χ3n) is 1.79. The average molecular weight is 214 g/mol. The molecule has 2 rings (SSSR count). The third-order valence-corrected chi connectivity index (χ3v) is 2.29. The number of ether oxygens (including phenoxy) is 1. The van der Waals surface area contributed by atoms with Crippen LogP contribution >= 0.6 is 15.9 Å². The maximum atomic E-state index is 5.76. The van der Waals surface area contributed by atoms with Crippen molar-refractivity contribution in [3.05, 3.63) is 28.2 Å². The molecule has 0 amide bonds. The molecule has 1 aromatic rings. The van der Waals surface area contributed by atoms with Crippen molar-refractivity contribution in [1.29, 1.82) is 0 Å². The Hall–Kier alpha value is -0.540. The molecule has 0 radical (unpaired) electrons. The number of fused-ring (bicyclic) bond motifs is 1. The van der Waals surface area contributed by atoms with Gasteiger partial charge in [-0.3, -0.25) is 0 Å². The Morgan fingerprint density at radius 1 is 1.55 bits per heavy atom. The van der Waals surface area contributed by atoms with Crippen molar-refractivity contribution >= 4 is 15.9 Å². The lowest BCUT2D eigenvalue weighted by Crippen LogP contribution is -2.10. The molecule has 1 aliphatic heterocycles. The van der Waals surface area contributed by atoms with Gasteiger partial charge in [0.25, 0.3) is 0 Å². The smallest absolute Gasteiger partial charge is 0.125 e. The molecule has 2 N–H and O–H groups in total. The molecule has 0 saturated heterocycles. The number of nitrogens with two attached hydrogens (primary N) is 1. The summed E-state index contributed by atoms with van der Waals surface area (Å²) in [7, 11) is 0. The highest BCUT2D eigenvalue weighted by molar-refractivity contribution is 9.10. The molecule has 0 aromatic heterocycles. The molecule has 2 nitrogen and oxygen atoms in total. The van der Waals surface area contributed by atoms with E-state index in [-0.39, 0.29) is 6.04 Å². The minimum atomic E-state index is 0.0538. The number of hydrogen-bond acceptors (Lipinski definition) is 2. The van der Waals surface area contributed by atoms with Gasteiger partial charge in [0.1, 0.15) is 12.4 Å². The van der Waals surface area contributed by atoms with Crippen molar-refractivity contribution in [3.8, 4) is 5.75 Å². The molecule has 1 aromatic carbocycles. The molecule has 0 bridgehead atoms. The SMILES string of the molecule is N[C@H]1COc2cc(Br)ccc21. The highest BCUT2D eigenvalue weighted by Crippen LogP contribution is 2.32. The molecule has 1 atom stereocenters. The zero-order valence-electron chi connectivity index (χ0n) is 5.88. The second-order valence-electron chi connectivity index (χ2n) is 2.60. The summed E-state index contributed by atoms with van der Waals surface area (Å²) >= 11 is 3.36. The van der Waals surface area contributed by atoms with Crippen molar-refractivity contribution in [2.24, 2.45) is 5.73 Å². The zero-order valence-corrected chi connectivity index (χ0v) is 7.47. The van der Waals surface area contributed by atoms with Gasteiger partial charge in [0.2, 0.25) is 0 Å². The minimum absolute atomic E-state index is 0.0538. The number of rotatable bonds is 0. The molecular formula is C8H8BrNO. The molecule has 1 heterocycles. The molecule has 3 heteroatoms. The molecule has 0 spiro atoms. The Morgan fingerprint density at radius 2 is 2.36 bits per heavy atom. The lowest BCUT2D eigenvalue weighted by Gasteiger charge is -1.99. The number of halogens is 1. The molecule has 0 unspecified atom stereocenters. The highest BCUT2D eigenvalue weighted by Gasteiger charge is 2.19. The fourth-order valence-corrected chi connectivity index (χ4v) is 1.55. The van der Waals surface area contributed by atoms with Crippen molar-refractivity contribution in [1.82, 2.24) is 0 Å². The Balaban J connectivity index is 2.50. The van der Waals surface area contributed by atoms with E-state index in [1.807, 2.05) is 18.2 Å². The van der Waals surface area contributed by atoms with Crippen molar-refractivity contribution in [2.75, 3.05) is 6.61 Å². The van der Waals surface area contributed by atoms with E-state index in [0.29, 0.717) is 6.61 Å². The van der Waals surface area contributed by atoms with Gasteiger partial charge in [-0.15, -0.1) is 0 Å². The van der Waals surface area contributed by atoms with Crippen LogP contribution in [0.2, 0.25) is 0 Å². The largest absolute Gasteiger partial charge is 0.491 e. The minimum Gasteiger partial charge on any atom is -0.491 e. The van der Waals surface area contributed by atoms with Gasteiger partial charge < -0.3 is 10.5 Å². The fraction of sp³-hybridized carbons (Fsp3) is 0.250. The van der Waals surface area contributed by atoms with E-state index in [9.17, 15) is 0 Å². The van der Waals surface area contributed by atoms with Gasteiger partial charge in [-0.2, -0.15) is 0 Å². The van der Waals surface area contributed by atoms with Crippen LogP contribution in [0, 0.1) is 0 Å². The van der Waals surface area contributed by atoms with Crippen LogP contribution in [0.25, 0.3) is 0 Å². The van der Waals surface area contributed by atoms with Gasteiger partial charge in [0.15, 0.2) is 0 Å². The van der Waals surface area contributed by atoms with Gasteiger partial charge in [-0.1, -0.05) is 22.0 Å². The molecule has 0 aliphatic carbocycles. The summed E-state index contributed by atoms with van der Waals surface area (Å²) in [5.41, 5.74) is 6.86. The summed E-state index contributed by atoms with van der Waals surface area (Å²) < 4.78 is 6.37. The summed E-state index contributed by atoms with van der Waals surface area (Å²) in [5.74, 6) is 0.909. The van der Waals surface area contributed by atoms with E-state index in [4.69, 9.17) is 10.5 Å². The molecule has 11 heavy (non-hydrogen) atoms. The number of benzene rings is 1. The Labute approximate surface area is 73.5 Å². The molecule has 1 aliphatic rings. The maximum absolute atomic E-state index is 5.76. The number of hydrogen-bond donors (Lipinski definition) is 1. The zero-order chi connectivity index (χ0) is 7.84. The first-order valence-electron chi connectivity index (χ1n) is 3.45. The van der Waals surface area contributed by atoms with Gasteiger partial charge in [0.05, 0.1) is 6.04 Å². The first-order valence-corrected chi connectivity index (χ1v) is 4.24. The second-order valence-corrected chi connectivity index (χ2v) is 3.52. The maximum Gasteiger partial charge on any atom is 0.125 e. The standard InChI is InChI=1S/C8H8BrNO/c9-5-1-2-6-7(10)4-11-8(6)3-5/h1-3,7H,4,10H2/t7-/m0/s1. The van der Waals surface area contributed by atoms with Crippen LogP contribution in [0.3, 0.4) is 0 Å². The van der Waals surface area contributed by atoms with E-state index in [1.165, 1.54) is 0 Å². The predicted octanol–water partition coefficient (Wildman–Crippen LogP) is 1.84. The van der Waals surface area contributed by atoms with Gasteiger partial charge >= 0.3 is 0 Å². The normalized spacial score (nSPS) is 21.1. The average Bonchev–Trinajstić information content (AvgIpc) is 2.32. The highest BCUT2D eigenvalue weighted by atomic mass is 79.9. The van der Waals surface area contributed by atoms with Crippen LogP contribution in [0.1, 0.15) is 11.6 Å². The van der Waals surface area contributed by atoms with Crippen molar-refractivity contribution in [2.45, 2.75) is 6.04 Å². The van der Waals surface area contributed by atoms with Gasteiger partial charge in [-0.05, 0) is 12.1 Å². The molecule has 58 valence electrons. The van der Waals surface area contributed by atoms with Crippen LogP contribution in [0.4, 0.5) is 0 Å². The lowest BCUT2D eigenvalue weighted by molar-refractivity contribution is 0.333. The third kappa shape index (κ3) is 1.14. The van der Waals surface area contributed by atoms with Gasteiger partial charge in [-0.25, -0.2) is 0 Å². The van der Waals surface area contributed by atoms with Crippen molar-refractivity contribution in [3.63, 3.8) is 0 Å². The summed E-state index contributed by atoms with van der Waals surface area (Å²) in [6.07, 6.45) is 0. The fourth-order valence-electron chi connectivity index (χ4n) is 1.21. The first-order chi connectivity index (χ1) is 5.27. The summed E-state index contributed by atoms with van der Waals surface area (Å²) in [5, 5.41) is 0. The van der Waals surface area contributed by atoms with E-state index >= 15 is 0 Å². The molecule has 0 fully saturated rings. The Bertz CT molecular complexity index is 287. The van der Waals surface area contributed by atoms with E-state index < -0.39 is 0 Å². The summed E-state index contributed by atoms with van der Waals surface area (Å²) in [6, 6.07) is 5.98. The van der Waals surface area contributed by atoms with E-state index in [0.717, 1.165) is 15.8 Å². The molecular weight excluding hydrogens is 206 g/mol. The van der Waals surface area contributed by atoms with Crippen LogP contribution in [-0.2, 0) is 0 Å². The molecule has 0 saturated carbocycles. The van der Waals surface area contributed by atoms with Crippen LogP contribution in [-0.4, -0.2) is 6.61 Å². The Kier molecular flexibility index (Phi) is 1.62. The van der Waals surface area contributed by atoms with Crippen LogP contribution in [0.5, 0.6) is 5.75 Å². The van der Waals surface area contributed by atoms with Crippen LogP contribution < -0.4 is 10.5 Å². The lowest BCUT2D eigenvalue weighted by atomic mass is 10.1. The topological polar surface area (TPSA) is 35.2 Å².